The van der Waals surface area contributed by atoms with Crippen molar-refractivity contribution in [1.82, 2.24) is 19.7 Å². The number of para-hydroxylation sites is 1. The summed E-state index contributed by atoms with van der Waals surface area (Å²) in [6, 6.07) is 15.2. The number of hydrogen-bond acceptors (Lipinski definition) is 6. The first-order valence-corrected chi connectivity index (χ1v) is 10.2. The van der Waals surface area contributed by atoms with Crippen molar-refractivity contribution >= 4 is 16.7 Å². The van der Waals surface area contributed by atoms with Gasteiger partial charge in [0.05, 0.1) is 30.7 Å². The summed E-state index contributed by atoms with van der Waals surface area (Å²) in [4.78, 5) is 22.7. The molecule has 8 heteroatoms. The Labute approximate surface area is 179 Å². The summed E-state index contributed by atoms with van der Waals surface area (Å²) >= 11 is 0. The van der Waals surface area contributed by atoms with Crippen molar-refractivity contribution in [2.75, 3.05) is 31.7 Å². The summed E-state index contributed by atoms with van der Waals surface area (Å²) in [5.74, 6) is 1.01. The second-order valence-corrected chi connectivity index (χ2v) is 7.13. The molecule has 31 heavy (non-hydrogen) atoms. The number of ether oxygens (including phenoxy) is 1. The fourth-order valence-corrected chi connectivity index (χ4v) is 3.71. The molecule has 2 heterocycles. The molecule has 0 atom stereocenters. The number of aromatic amines is 1. The number of nitrogens with one attached hydrogen (secondary N) is 1. The number of aliphatic hydroxyl groups is 1. The molecule has 0 fully saturated rings. The fourth-order valence-electron chi connectivity index (χ4n) is 3.71. The number of aryl methyl sites for hydroxylation is 1. The van der Waals surface area contributed by atoms with E-state index in [2.05, 4.69) is 10.1 Å². The predicted molar refractivity (Wildman–Crippen MR) is 121 cm³/mol. The molecule has 0 aliphatic rings. The van der Waals surface area contributed by atoms with E-state index in [1.54, 1.807) is 11.8 Å². The number of fused-ring (bicyclic) bond motifs is 1. The quantitative estimate of drug-likeness (QED) is 0.478. The third kappa shape index (κ3) is 3.77. The second kappa shape index (κ2) is 8.61. The molecule has 2 aromatic carbocycles. The van der Waals surface area contributed by atoms with Crippen LogP contribution in [0.25, 0.3) is 28.1 Å². The van der Waals surface area contributed by atoms with Crippen LogP contribution in [0.3, 0.4) is 0 Å². The summed E-state index contributed by atoms with van der Waals surface area (Å²) < 4.78 is 7.22. The molecule has 0 aliphatic heterocycles. The first-order chi connectivity index (χ1) is 15.1. The Hall–Kier alpha value is -3.65. The monoisotopic (exact) mass is 419 g/mol. The van der Waals surface area contributed by atoms with Crippen molar-refractivity contribution in [3.8, 4) is 22.8 Å². The Morgan fingerprint density at radius 1 is 1.19 bits per heavy atom. The van der Waals surface area contributed by atoms with E-state index in [0.717, 1.165) is 17.9 Å². The molecule has 2 aromatic heterocycles. The van der Waals surface area contributed by atoms with Gasteiger partial charge < -0.3 is 19.7 Å². The molecule has 0 bridgehead atoms. The summed E-state index contributed by atoms with van der Waals surface area (Å²) in [7, 11) is 1.58. The molecule has 8 nitrogen and oxygen atoms in total. The summed E-state index contributed by atoms with van der Waals surface area (Å²) in [6.45, 7) is 5.20. The number of likely N-dealkylation sites (N-methyl/N-ethyl adjacent to an activating group) is 1. The van der Waals surface area contributed by atoms with E-state index in [9.17, 15) is 9.90 Å². The van der Waals surface area contributed by atoms with E-state index >= 15 is 0 Å². The van der Waals surface area contributed by atoms with Crippen LogP contribution in [-0.4, -0.2) is 51.7 Å². The SMILES string of the molecule is CCN(CCO)c1ccc(-c2nc3c(C)nn(-c4ccccc4)c3c(=O)[nH]2)c(OC)c1. The van der Waals surface area contributed by atoms with Crippen LogP contribution in [0.5, 0.6) is 5.75 Å². The van der Waals surface area contributed by atoms with Crippen LogP contribution in [0, 0.1) is 6.92 Å². The molecule has 2 N–H and O–H groups in total. The zero-order valence-corrected chi connectivity index (χ0v) is 17.8. The number of methoxy groups -OCH3 is 1. The third-order valence-corrected chi connectivity index (χ3v) is 5.26. The van der Waals surface area contributed by atoms with Gasteiger partial charge in [-0.05, 0) is 38.1 Å². The van der Waals surface area contributed by atoms with Gasteiger partial charge in [-0.3, -0.25) is 4.79 Å². The molecule has 0 radical (unpaired) electrons. The maximum absolute atomic E-state index is 13.1. The minimum Gasteiger partial charge on any atom is -0.496 e. The Balaban J connectivity index is 1.84. The van der Waals surface area contributed by atoms with Crippen molar-refractivity contribution in [1.29, 1.82) is 0 Å². The van der Waals surface area contributed by atoms with Crippen LogP contribution in [-0.2, 0) is 0 Å². The van der Waals surface area contributed by atoms with Gasteiger partial charge >= 0.3 is 0 Å². The Kier molecular flexibility index (Phi) is 5.73. The van der Waals surface area contributed by atoms with Gasteiger partial charge in [-0.25, -0.2) is 9.67 Å². The van der Waals surface area contributed by atoms with Gasteiger partial charge in [-0.2, -0.15) is 5.10 Å². The number of hydrogen-bond donors (Lipinski definition) is 2. The molecule has 0 unspecified atom stereocenters. The minimum atomic E-state index is -0.272. The van der Waals surface area contributed by atoms with E-state index in [1.165, 1.54) is 0 Å². The molecule has 0 amide bonds. The number of nitrogens with zero attached hydrogens (tertiary/aromatic N) is 4. The normalized spacial score (nSPS) is 11.1. The molecule has 4 aromatic rings. The molecule has 0 saturated carbocycles. The van der Waals surface area contributed by atoms with Crippen LogP contribution < -0.4 is 15.2 Å². The molecule has 0 saturated heterocycles. The second-order valence-electron chi connectivity index (χ2n) is 7.13. The average molecular weight is 419 g/mol. The van der Waals surface area contributed by atoms with Crippen molar-refractivity contribution in [3.05, 3.63) is 64.6 Å². The van der Waals surface area contributed by atoms with E-state index in [-0.39, 0.29) is 12.2 Å². The topological polar surface area (TPSA) is 96.3 Å². The third-order valence-electron chi connectivity index (χ3n) is 5.26. The number of anilines is 1. The van der Waals surface area contributed by atoms with Gasteiger partial charge in [0.2, 0.25) is 0 Å². The predicted octanol–water partition coefficient (Wildman–Crippen LogP) is 2.91. The Morgan fingerprint density at radius 2 is 1.97 bits per heavy atom. The van der Waals surface area contributed by atoms with E-state index in [4.69, 9.17) is 9.72 Å². The van der Waals surface area contributed by atoms with Crippen molar-refractivity contribution < 1.29 is 9.84 Å². The van der Waals surface area contributed by atoms with Crippen LogP contribution in [0.2, 0.25) is 0 Å². The van der Waals surface area contributed by atoms with Crippen molar-refractivity contribution in [2.24, 2.45) is 0 Å². The van der Waals surface area contributed by atoms with E-state index < -0.39 is 0 Å². The highest BCUT2D eigenvalue weighted by atomic mass is 16.5. The van der Waals surface area contributed by atoms with Crippen LogP contribution in [0.1, 0.15) is 12.6 Å². The highest BCUT2D eigenvalue weighted by molar-refractivity contribution is 5.81. The molecule has 0 spiro atoms. The van der Waals surface area contributed by atoms with E-state index in [0.29, 0.717) is 40.4 Å². The van der Waals surface area contributed by atoms with Crippen LogP contribution in [0.4, 0.5) is 5.69 Å². The molecular weight excluding hydrogens is 394 g/mol. The summed E-state index contributed by atoms with van der Waals surface area (Å²) in [6.07, 6.45) is 0. The summed E-state index contributed by atoms with van der Waals surface area (Å²) in [5.41, 5.74) is 3.75. The van der Waals surface area contributed by atoms with Crippen LogP contribution >= 0.6 is 0 Å². The number of aromatic nitrogens is 4. The molecule has 160 valence electrons. The zero-order valence-electron chi connectivity index (χ0n) is 17.8. The van der Waals surface area contributed by atoms with E-state index in [1.807, 2.05) is 67.3 Å². The lowest BCUT2D eigenvalue weighted by Crippen LogP contribution is -2.26. The standard InChI is InChI=1S/C23H25N5O3/c1-4-27(12-13-29)17-10-11-18(19(14-17)31-3)22-24-20-15(2)26-28(21(20)23(30)25-22)16-8-6-5-7-9-16/h5-11,14,29H,4,12-13H2,1-3H3,(H,24,25,30). The van der Waals surface area contributed by atoms with Crippen LogP contribution in [0.15, 0.2) is 53.3 Å². The first-order valence-electron chi connectivity index (χ1n) is 10.2. The average Bonchev–Trinajstić information content (AvgIpc) is 3.14. The number of aliphatic hydroxyl groups excluding tert-OH is 1. The zero-order chi connectivity index (χ0) is 22.0. The lowest BCUT2D eigenvalue weighted by molar-refractivity contribution is 0.302. The fraction of sp³-hybridized carbons (Fsp3) is 0.261. The minimum absolute atomic E-state index is 0.0636. The van der Waals surface area contributed by atoms with Gasteiger partial charge in [-0.15, -0.1) is 0 Å². The molecular formula is C23H25N5O3. The van der Waals surface area contributed by atoms with Gasteiger partial charge in [-0.1, -0.05) is 18.2 Å². The highest BCUT2D eigenvalue weighted by Crippen LogP contribution is 2.32. The lowest BCUT2D eigenvalue weighted by Gasteiger charge is -2.23. The van der Waals surface area contributed by atoms with Gasteiger partial charge in [0, 0.05) is 24.8 Å². The van der Waals surface area contributed by atoms with Crippen molar-refractivity contribution in [3.63, 3.8) is 0 Å². The lowest BCUT2D eigenvalue weighted by atomic mass is 10.1. The van der Waals surface area contributed by atoms with Crippen molar-refractivity contribution in [2.45, 2.75) is 13.8 Å². The maximum atomic E-state index is 13.1. The largest absolute Gasteiger partial charge is 0.496 e. The molecule has 4 rings (SSSR count). The number of rotatable bonds is 7. The Bertz CT molecular complexity index is 1260. The highest BCUT2D eigenvalue weighted by Gasteiger charge is 2.18. The van der Waals surface area contributed by atoms with Gasteiger partial charge in [0.15, 0.2) is 5.52 Å². The Morgan fingerprint density at radius 3 is 2.65 bits per heavy atom. The smallest absolute Gasteiger partial charge is 0.277 e. The van der Waals surface area contributed by atoms with Gasteiger partial charge in [0.1, 0.15) is 17.1 Å². The van der Waals surface area contributed by atoms with Gasteiger partial charge in [0.25, 0.3) is 5.56 Å². The summed E-state index contributed by atoms with van der Waals surface area (Å²) in [5, 5.41) is 13.8. The first kappa shape index (κ1) is 20.6. The number of benzene rings is 2. The number of H-pyrrole nitrogens is 1. The molecule has 0 aliphatic carbocycles. The maximum Gasteiger partial charge on any atom is 0.277 e.